The van der Waals surface area contributed by atoms with Gasteiger partial charge in [-0.2, -0.15) is 5.26 Å². The normalized spacial score (nSPS) is 20.0. The number of pyridine rings is 1. The third kappa shape index (κ3) is 4.43. The van der Waals surface area contributed by atoms with Crippen LogP contribution in [0.2, 0.25) is 0 Å². The number of thiocarbonyl (C=S) groups is 1. The molecule has 2 fully saturated rings. The Morgan fingerprint density at radius 2 is 2.03 bits per heavy atom. The molecule has 1 amide bonds. The first kappa shape index (κ1) is 23.5. The van der Waals surface area contributed by atoms with Crippen LogP contribution in [0.3, 0.4) is 0 Å². The molecule has 3 heterocycles. The van der Waals surface area contributed by atoms with Crippen LogP contribution in [0.5, 0.6) is 0 Å². The van der Waals surface area contributed by atoms with E-state index in [0.717, 1.165) is 30.8 Å². The quantitative estimate of drug-likeness (QED) is 0.456. The molecule has 0 saturated carbocycles. The molecule has 0 radical (unpaired) electrons. The van der Waals surface area contributed by atoms with Crippen molar-refractivity contribution < 1.29 is 9.53 Å². The molecule has 1 aromatic heterocycles. The van der Waals surface area contributed by atoms with Crippen molar-refractivity contribution in [3.63, 3.8) is 0 Å². The van der Waals surface area contributed by atoms with E-state index in [0.29, 0.717) is 41.0 Å². The molecule has 0 bridgehead atoms. The molecular weight excluding hydrogens is 432 g/mol. The van der Waals surface area contributed by atoms with Gasteiger partial charge < -0.3 is 9.64 Å². The number of anilines is 1. The Morgan fingerprint density at radius 1 is 1.32 bits per heavy atom. The molecule has 7 nitrogen and oxygen atoms in total. The van der Waals surface area contributed by atoms with Crippen molar-refractivity contribution in [1.82, 2.24) is 9.47 Å². The summed E-state index contributed by atoms with van der Waals surface area (Å²) in [5.74, 6) is 0.585. The zero-order valence-electron chi connectivity index (χ0n) is 18.4. The highest BCUT2D eigenvalue weighted by Crippen LogP contribution is 2.36. The smallest absolute Gasteiger partial charge is 0.270 e. The second-order valence-corrected chi connectivity index (χ2v) is 9.17. The van der Waals surface area contributed by atoms with Crippen molar-refractivity contribution in [3.05, 3.63) is 31.9 Å². The molecule has 1 atom stereocenters. The molecular formula is C22H28N4O3S2. The SMILES string of the molecule is CCN(CC)c1c(C=C2SC(=S)N(CC3CCCO3)C2=O)c(C)c(C#N)c(=O)n1CC. The maximum atomic E-state index is 13.2. The summed E-state index contributed by atoms with van der Waals surface area (Å²) in [4.78, 5) is 30.3. The number of aromatic nitrogens is 1. The highest BCUT2D eigenvalue weighted by molar-refractivity contribution is 8.26. The van der Waals surface area contributed by atoms with Crippen LogP contribution in [0.4, 0.5) is 5.82 Å². The molecule has 3 rings (SSSR count). The lowest BCUT2D eigenvalue weighted by Crippen LogP contribution is -2.35. The topological polar surface area (TPSA) is 78.6 Å². The molecule has 2 aliphatic heterocycles. The first-order valence-corrected chi connectivity index (χ1v) is 11.9. The molecule has 166 valence electrons. The van der Waals surface area contributed by atoms with Gasteiger partial charge in [-0.1, -0.05) is 24.0 Å². The summed E-state index contributed by atoms with van der Waals surface area (Å²) >= 11 is 6.74. The van der Waals surface area contributed by atoms with E-state index < -0.39 is 0 Å². The van der Waals surface area contributed by atoms with Crippen LogP contribution in [0, 0.1) is 18.3 Å². The number of hydrogen-bond donors (Lipinski definition) is 0. The minimum Gasteiger partial charge on any atom is -0.376 e. The van der Waals surface area contributed by atoms with Crippen LogP contribution < -0.4 is 10.5 Å². The maximum Gasteiger partial charge on any atom is 0.270 e. The second-order valence-electron chi connectivity index (χ2n) is 7.50. The lowest BCUT2D eigenvalue weighted by Gasteiger charge is -2.28. The largest absolute Gasteiger partial charge is 0.376 e. The zero-order chi connectivity index (χ0) is 22.7. The van der Waals surface area contributed by atoms with E-state index in [1.165, 1.54) is 11.8 Å². The third-order valence-electron chi connectivity index (χ3n) is 5.78. The van der Waals surface area contributed by atoms with Crippen LogP contribution in [0.25, 0.3) is 6.08 Å². The summed E-state index contributed by atoms with van der Waals surface area (Å²) in [5.41, 5.74) is 1.12. The lowest BCUT2D eigenvalue weighted by atomic mass is 10.0. The van der Waals surface area contributed by atoms with Gasteiger partial charge in [0, 0.05) is 31.8 Å². The van der Waals surface area contributed by atoms with Crippen molar-refractivity contribution in [2.75, 3.05) is 31.1 Å². The number of thioether (sulfide) groups is 1. The summed E-state index contributed by atoms with van der Waals surface area (Å²) in [6.07, 6.45) is 3.73. The Kier molecular flexibility index (Phi) is 7.57. The molecule has 0 N–H and O–H groups in total. The fraction of sp³-hybridized carbons (Fsp3) is 0.545. The number of amides is 1. The highest BCUT2D eigenvalue weighted by atomic mass is 32.2. The molecule has 0 aliphatic carbocycles. The van der Waals surface area contributed by atoms with E-state index in [2.05, 4.69) is 11.0 Å². The van der Waals surface area contributed by atoms with Crippen LogP contribution >= 0.6 is 24.0 Å². The monoisotopic (exact) mass is 460 g/mol. The minimum absolute atomic E-state index is 0.0157. The fourth-order valence-corrected chi connectivity index (χ4v) is 5.34. The number of rotatable bonds is 7. The van der Waals surface area contributed by atoms with E-state index in [-0.39, 0.29) is 23.1 Å². The van der Waals surface area contributed by atoms with Gasteiger partial charge in [-0.3, -0.25) is 19.1 Å². The number of carbonyl (C=O) groups excluding carboxylic acids is 1. The predicted octanol–water partition coefficient (Wildman–Crippen LogP) is 3.27. The van der Waals surface area contributed by atoms with Crippen molar-refractivity contribution in [3.8, 4) is 6.07 Å². The van der Waals surface area contributed by atoms with Gasteiger partial charge in [-0.25, -0.2) is 0 Å². The van der Waals surface area contributed by atoms with Gasteiger partial charge in [0.1, 0.15) is 21.8 Å². The van der Waals surface area contributed by atoms with Gasteiger partial charge >= 0.3 is 0 Å². The second kappa shape index (κ2) is 9.98. The average Bonchev–Trinajstić information content (AvgIpc) is 3.36. The van der Waals surface area contributed by atoms with Crippen LogP contribution in [0.15, 0.2) is 9.70 Å². The van der Waals surface area contributed by atoms with Gasteiger partial charge in [0.2, 0.25) is 0 Å². The summed E-state index contributed by atoms with van der Waals surface area (Å²) in [6, 6.07) is 2.06. The molecule has 31 heavy (non-hydrogen) atoms. The van der Waals surface area contributed by atoms with E-state index in [9.17, 15) is 14.9 Å². The molecule has 2 saturated heterocycles. The van der Waals surface area contributed by atoms with E-state index in [1.54, 1.807) is 22.5 Å². The number of hydrogen-bond acceptors (Lipinski definition) is 7. The van der Waals surface area contributed by atoms with Gasteiger partial charge in [0.25, 0.3) is 11.5 Å². The molecule has 1 unspecified atom stereocenters. The Labute approximate surface area is 192 Å². The van der Waals surface area contributed by atoms with Crippen LogP contribution in [-0.2, 0) is 16.1 Å². The van der Waals surface area contributed by atoms with Gasteiger partial charge in [-0.05, 0) is 52.2 Å². The fourth-order valence-electron chi connectivity index (χ4n) is 4.08. The van der Waals surface area contributed by atoms with Gasteiger partial charge in [-0.15, -0.1) is 0 Å². The summed E-state index contributed by atoms with van der Waals surface area (Å²) in [6.45, 7) is 10.7. The van der Waals surface area contributed by atoms with Gasteiger partial charge in [0.05, 0.1) is 17.6 Å². The predicted molar refractivity (Wildman–Crippen MR) is 128 cm³/mol. The Hall–Kier alpha value is -2.15. The first-order valence-electron chi connectivity index (χ1n) is 10.7. The molecule has 0 spiro atoms. The van der Waals surface area contributed by atoms with Crippen molar-refractivity contribution in [2.24, 2.45) is 0 Å². The average molecular weight is 461 g/mol. The Balaban J connectivity index is 2.12. The Morgan fingerprint density at radius 3 is 2.58 bits per heavy atom. The van der Waals surface area contributed by atoms with E-state index >= 15 is 0 Å². The van der Waals surface area contributed by atoms with E-state index in [4.69, 9.17) is 17.0 Å². The summed E-state index contributed by atoms with van der Waals surface area (Å²) in [5, 5.41) is 9.63. The lowest BCUT2D eigenvalue weighted by molar-refractivity contribution is -0.123. The van der Waals surface area contributed by atoms with Crippen LogP contribution in [-0.4, -0.2) is 52.0 Å². The standard InChI is InChI=1S/C22H28N4O3S2/c1-5-24(6-2)19-16(14(4)17(12-23)20(27)25(19)7-3)11-18-21(28)26(22(30)31-18)13-15-9-8-10-29-15/h11,15H,5-10,13H2,1-4H3. The molecule has 1 aromatic rings. The summed E-state index contributed by atoms with van der Waals surface area (Å²) < 4.78 is 7.81. The number of ether oxygens (including phenoxy) is 1. The molecule has 2 aliphatic rings. The highest BCUT2D eigenvalue weighted by Gasteiger charge is 2.35. The number of nitriles is 1. The minimum atomic E-state index is -0.299. The zero-order valence-corrected chi connectivity index (χ0v) is 20.1. The molecule has 0 aromatic carbocycles. The van der Waals surface area contributed by atoms with Gasteiger partial charge in [0.15, 0.2) is 0 Å². The van der Waals surface area contributed by atoms with Crippen molar-refractivity contribution >= 4 is 46.1 Å². The number of carbonyl (C=O) groups is 1. The summed E-state index contributed by atoms with van der Waals surface area (Å²) in [7, 11) is 0. The van der Waals surface area contributed by atoms with Crippen molar-refractivity contribution in [2.45, 2.75) is 53.2 Å². The Bertz CT molecular complexity index is 1020. The van der Waals surface area contributed by atoms with Crippen LogP contribution in [0.1, 0.15) is 50.3 Å². The van der Waals surface area contributed by atoms with E-state index in [1.807, 2.05) is 20.8 Å². The van der Waals surface area contributed by atoms with Crippen molar-refractivity contribution in [1.29, 1.82) is 5.26 Å². The third-order valence-corrected chi connectivity index (χ3v) is 7.16. The maximum absolute atomic E-state index is 13.2. The number of nitrogens with zero attached hydrogens (tertiary/aromatic N) is 4. The molecule has 9 heteroatoms. The first-order chi connectivity index (χ1) is 14.9.